The van der Waals surface area contributed by atoms with Crippen LogP contribution in [0.5, 0.6) is 0 Å². The number of fused-ring (bicyclic) bond motifs is 1. The summed E-state index contributed by atoms with van der Waals surface area (Å²) < 4.78 is 5.37. The van der Waals surface area contributed by atoms with Crippen LogP contribution in [0.1, 0.15) is 60.3 Å². The van der Waals surface area contributed by atoms with Crippen molar-refractivity contribution in [1.29, 1.82) is 0 Å². The van der Waals surface area contributed by atoms with Crippen molar-refractivity contribution in [2.45, 2.75) is 51.4 Å². The molecule has 0 radical (unpaired) electrons. The Hall–Kier alpha value is -1.36. The van der Waals surface area contributed by atoms with Gasteiger partial charge in [0.05, 0.1) is 0 Å². The van der Waals surface area contributed by atoms with E-state index < -0.39 is 0 Å². The number of nitrogens with zero attached hydrogens (tertiary/aromatic N) is 1. The molecule has 0 saturated carbocycles. The molecule has 1 aromatic rings. The van der Waals surface area contributed by atoms with Gasteiger partial charge in [0.2, 0.25) is 0 Å². The number of H-pyrrole nitrogens is 1. The quantitative estimate of drug-likeness (QED) is 0.646. The smallest absolute Gasteiger partial charge is 0.272 e. The Kier molecular flexibility index (Phi) is 4.91. The standard InChI is InChI=1S/C16H25N3O2/c20-16(17-9-4-5-12-8-10-21-11-12)15-13-6-2-1-3-7-14(13)18-19-15/h12H,1-11H2,(H,17,20)(H,18,19). The third kappa shape index (κ3) is 3.64. The molecular formula is C16H25N3O2. The molecule has 2 N–H and O–H groups in total. The zero-order valence-electron chi connectivity index (χ0n) is 12.6. The second-order valence-corrected chi connectivity index (χ2v) is 6.22. The number of carbonyl (C=O) groups is 1. The van der Waals surface area contributed by atoms with E-state index >= 15 is 0 Å². The van der Waals surface area contributed by atoms with Crippen LogP contribution in [-0.4, -0.2) is 35.9 Å². The highest BCUT2D eigenvalue weighted by Crippen LogP contribution is 2.21. The average molecular weight is 291 g/mol. The summed E-state index contributed by atoms with van der Waals surface area (Å²) in [6.45, 7) is 2.52. The summed E-state index contributed by atoms with van der Waals surface area (Å²) in [7, 11) is 0. The van der Waals surface area contributed by atoms with E-state index in [1.54, 1.807) is 0 Å². The normalized spacial score (nSPS) is 21.8. The second kappa shape index (κ2) is 7.07. The van der Waals surface area contributed by atoms with E-state index in [1.807, 2.05) is 0 Å². The number of nitrogens with one attached hydrogen (secondary N) is 2. The van der Waals surface area contributed by atoms with Crippen LogP contribution < -0.4 is 5.32 Å². The summed E-state index contributed by atoms with van der Waals surface area (Å²) in [6, 6.07) is 0. The Morgan fingerprint density at radius 1 is 1.33 bits per heavy atom. The van der Waals surface area contributed by atoms with Crippen molar-refractivity contribution in [1.82, 2.24) is 15.5 Å². The molecule has 2 heterocycles. The molecular weight excluding hydrogens is 266 g/mol. The van der Waals surface area contributed by atoms with Crippen molar-refractivity contribution >= 4 is 5.91 Å². The maximum atomic E-state index is 12.3. The monoisotopic (exact) mass is 291 g/mol. The molecule has 0 spiro atoms. The van der Waals surface area contributed by atoms with Crippen molar-refractivity contribution in [2.24, 2.45) is 5.92 Å². The van der Waals surface area contributed by atoms with E-state index in [-0.39, 0.29) is 5.91 Å². The molecule has 3 rings (SSSR count). The fraction of sp³-hybridized carbons (Fsp3) is 0.750. The number of amides is 1. The molecule has 1 saturated heterocycles. The van der Waals surface area contributed by atoms with E-state index in [2.05, 4.69) is 15.5 Å². The first-order chi connectivity index (χ1) is 10.3. The minimum absolute atomic E-state index is 0.0166. The Morgan fingerprint density at radius 2 is 2.24 bits per heavy atom. The predicted octanol–water partition coefficient (Wildman–Crippen LogP) is 2.23. The van der Waals surface area contributed by atoms with Gasteiger partial charge >= 0.3 is 0 Å². The van der Waals surface area contributed by atoms with E-state index in [0.717, 1.165) is 57.4 Å². The van der Waals surface area contributed by atoms with Gasteiger partial charge < -0.3 is 10.1 Å². The molecule has 1 aliphatic carbocycles. The first kappa shape index (κ1) is 14.6. The summed E-state index contributed by atoms with van der Waals surface area (Å²) in [4.78, 5) is 12.3. The fourth-order valence-electron chi connectivity index (χ4n) is 3.33. The van der Waals surface area contributed by atoms with Crippen LogP contribution in [0, 0.1) is 5.92 Å². The fourth-order valence-corrected chi connectivity index (χ4v) is 3.33. The number of carbonyl (C=O) groups excluding carboxylic acids is 1. The molecule has 116 valence electrons. The summed E-state index contributed by atoms with van der Waals surface area (Å²) in [6.07, 6.45) is 8.93. The van der Waals surface area contributed by atoms with Crippen LogP contribution in [-0.2, 0) is 17.6 Å². The predicted molar refractivity (Wildman–Crippen MR) is 80.3 cm³/mol. The number of ether oxygens (including phenoxy) is 1. The molecule has 1 aromatic heterocycles. The lowest BCUT2D eigenvalue weighted by molar-refractivity contribution is 0.0946. The number of hydrogen-bond donors (Lipinski definition) is 2. The van der Waals surface area contributed by atoms with Crippen LogP contribution >= 0.6 is 0 Å². The molecule has 1 amide bonds. The van der Waals surface area contributed by atoms with Crippen LogP contribution in [0.2, 0.25) is 0 Å². The first-order valence-corrected chi connectivity index (χ1v) is 8.26. The van der Waals surface area contributed by atoms with Gasteiger partial charge in [0.15, 0.2) is 5.69 Å². The minimum Gasteiger partial charge on any atom is -0.381 e. The number of aromatic amines is 1. The summed E-state index contributed by atoms with van der Waals surface area (Å²) >= 11 is 0. The van der Waals surface area contributed by atoms with Crippen LogP contribution in [0.25, 0.3) is 0 Å². The molecule has 1 atom stereocenters. The first-order valence-electron chi connectivity index (χ1n) is 8.26. The van der Waals surface area contributed by atoms with Crippen molar-refractivity contribution in [3.8, 4) is 0 Å². The highest BCUT2D eigenvalue weighted by Gasteiger charge is 2.20. The third-order valence-corrected chi connectivity index (χ3v) is 4.62. The molecule has 1 unspecified atom stereocenters. The van der Waals surface area contributed by atoms with Crippen molar-refractivity contribution in [3.63, 3.8) is 0 Å². The van der Waals surface area contributed by atoms with Gasteiger partial charge in [-0.2, -0.15) is 5.10 Å². The minimum atomic E-state index is -0.0166. The number of rotatable bonds is 5. The maximum Gasteiger partial charge on any atom is 0.272 e. The van der Waals surface area contributed by atoms with Gasteiger partial charge in [-0.25, -0.2) is 0 Å². The number of hydrogen-bond acceptors (Lipinski definition) is 3. The van der Waals surface area contributed by atoms with Gasteiger partial charge in [-0.15, -0.1) is 0 Å². The van der Waals surface area contributed by atoms with Crippen LogP contribution in [0.4, 0.5) is 0 Å². The second-order valence-electron chi connectivity index (χ2n) is 6.22. The van der Waals surface area contributed by atoms with E-state index in [1.165, 1.54) is 25.0 Å². The summed E-state index contributed by atoms with van der Waals surface area (Å²) in [5, 5.41) is 10.3. The van der Waals surface area contributed by atoms with Crippen molar-refractivity contribution in [2.75, 3.05) is 19.8 Å². The SMILES string of the molecule is O=C(NCCCC1CCOC1)c1n[nH]c2c1CCCCC2. The number of aromatic nitrogens is 2. The third-order valence-electron chi connectivity index (χ3n) is 4.62. The van der Waals surface area contributed by atoms with Gasteiger partial charge in [0.25, 0.3) is 5.91 Å². The van der Waals surface area contributed by atoms with E-state index in [0.29, 0.717) is 11.6 Å². The molecule has 21 heavy (non-hydrogen) atoms. The summed E-state index contributed by atoms with van der Waals surface area (Å²) in [5.74, 6) is 0.667. The zero-order valence-corrected chi connectivity index (χ0v) is 12.6. The molecule has 1 aliphatic heterocycles. The van der Waals surface area contributed by atoms with Gasteiger partial charge in [-0.3, -0.25) is 9.89 Å². The highest BCUT2D eigenvalue weighted by atomic mass is 16.5. The van der Waals surface area contributed by atoms with Gasteiger partial charge in [0, 0.05) is 31.0 Å². The van der Waals surface area contributed by atoms with Gasteiger partial charge in [0.1, 0.15) is 0 Å². The van der Waals surface area contributed by atoms with Gasteiger partial charge in [-0.05, 0) is 50.9 Å². The van der Waals surface area contributed by atoms with E-state index in [9.17, 15) is 4.79 Å². The molecule has 1 fully saturated rings. The average Bonchev–Trinajstić information content (AvgIpc) is 3.09. The zero-order chi connectivity index (χ0) is 14.5. The largest absolute Gasteiger partial charge is 0.381 e. The lowest BCUT2D eigenvalue weighted by Gasteiger charge is -2.08. The maximum absolute atomic E-state index is 12.3. The lowest BCUT2D eigenvalue weighted by atomic mass is 10.0. The Labute approximate surface area is 125 Å². The van der Waals surface area contributed by atoms with Crippen molar-refractivity contribution in [3.05, 3.63) is 17.0 Å². The van der Waals surface area contributed by atoms with Crippen LogP contribution in [0.3, 0.4) is 0 Å². The Bertz CT molecular complexity index is 478. The Balaban J connectivity index is 1.47. The summed E-state index contributed by atoms with van der Waals surface area (Å²) in [5.41, 5.74) is 2.94. The van der Waals surface area contributed by atoms with Crippen LogP contribution in [0.15, 0.2) is 0 Å². The molecule has 5 nitrogen and oxygen atoms in total. The lowest BCUT2D eigenvalue weighted by Crippen LogP contribution is -2.26. The molecule has 5 heteroatoms. The molecule has 2 aliphatic rings. The highest BCUT2D eigenvalue weighted by molar-refractivity contribution is 5.93. The Morgan fingerprint density at radius 3 is 3.10 bits per heavy atom. The molecule has 0 aromatic carbocycles. The van der Waals surface area contributed by atoms with Gasteiger partial charge in [-0.1, -0.05) is 6.42 Å². The van der Waals surface area contributed by atoms with E-state index in [4.69, 9.17) is 4.74 Å². The van der Waals surface area contributed by atoms with Crippen molar-refractivity contribution < 1.29 is 9.53 Å². The topological polar surface area (TPSA) is 67.0 Å². The number of aryl methyl sites for hydroxylation is 1. The molecule has 0 bridgehead atoms.